The van der Waals surface area contributed by atoms with Gasteiger partial charge in [-0.1, -0.05) is 0 Å². The van der Waals surface area contributed by atoms with Crippen molar-refractivity contribution >= 4 is 28.5 Å². The maximum absolute atomic E-state index is 13.8. The maximum Gasteiger partial charge on any atom is 0.240 e. The highest BCUT2D eigenvalue weighted by atomic mass is 35.5. The Morgan fingerprint density at radius 3 is 2.78 bits per heavy atom. The van der Waals surface area contributed by atoms with Gasteiger partial charge in [-0.25, -0.2) is 13.8 Å². The molecule has 2 N–H and O–H groups in total. The summed E-state index contributed by atoms with van der Waals surface area (Å²) in [6.45, 7) is 1.48. The van der Waals surface area contributed by atoms with Crippen molar-refractivity contribution in [3.8, 4) is 0 Å². The number of halogens is 3. The molecule has 1 unspecified atom stereocenters. The number of nitrogens with zero attached hydrogens (tertiary/aromatic N) is 2. The van der Waals surface area contributed by atoms with E-state index < -0.39 is 23.6 Å². The van der Waals surface area contributed by atoms with Gasteiger partial charge in [-0.05, 0) is 19.1 Å². The molecule has 96 valence electrons. The van der Waals surface area contributed by atoms with Gasteiger partial charge in [0.1, 0.15) is 17.4 Å². The number of aromatic nitrogens is 2. The van der Waals surface area contributed by atoms with E-state index >= 15 is 0 Å². The van der Waals surface area contributed by atoms with E-state index in [1.165, 1.54) is 17.6 Å². The van der Waals surface area contributed by atoms with E-state index in [4.69, 9.17) is 17.3 Å². The third-order valence-corrected chi connectivity index (χ3v) is 2.97. The van der Waals surface area contributed by atoms with Crippen LogP contribution >= 0.6 is 11.6 Å². The van der Waals surface area contributed by atoms with Crippen LogP contribution in [0.3, 0.4) is 0 Å². The molecule has 1 aromatic carbocycles. The first kappa shape index (κ1) is 12.8. The SMILES string of the molecule is CC(C(N)=O)n1c(CCl)nc2ccc(F)c(F)c21. The summed E-state index contributed by atoms with van der Waals surface area (Å²) in [7, 11) is 0. The zero-order valence-corrected chi connectivity index (χ0v) is 10.2. The fourth-order valence-corrected chi connectivity index (χ4v) is 2.00. The molecule has 1 amide bonds. The van der Waals surface area contributed by atoms with E-state index in [1.807, 2.05) is 0 Å². The second-order valence-corrected chi connectivity index (χ2v) is 4.11. The van der Waals surface area contributed by atoms with Gasteiger partial charge in [-0.15, -0.1) is 11.6 Å². The number of carbonyl (C=O) groups is 1. The molecule has 0 spiro atoms. The largest absolute Gasteiger partial charge is 0.368 e. The summed E-state index contributed by atoms with van der Waals surface area (Å²) >= 11 is 5.69. The maximum atomic E-state index is 13.8. The predicted molar refractivity (Wildman–Crippen MR) is 63.1 cm³/mol. The molecular formula is C11H10ClF2N3O. The number of nitrogens with two attached hydrogens (primary N) is 1. The fraction of sp³-hybridized carbons (Fsp3) is 0.273. The number of primary amides is 1. The minimum atomic E-state index is -1.07. The highest BCUT2D eigenvalue weighted by Crippen LogP contribution is 2.26. The lowest BCUT2D eigenvalue weighted by Crippen LogP contribution is -2.25. The summed E-state index contributed by atoms with van der Waals surface area (Å²) in [4.78, 5) is 15.3. The summed E-state index contributed by atoms with van der Waals surface area (Å²) in [6.07, 6.45) is 0. The van der Waals surface area contributed by atoms with E-state index in [-0.39, 0.29) is 22.7 Å². The van der Waals surface area contributed by atoms with Crippen molar-refractivity contribution in [3.05, 3.63) is 29.6 Å². The average molecular weight is 274 g/mol. The first-order valence-electron chi connectivity index (χ1n) is 5.17. The molecule has 0 aliphatic carbocycles. The summed E-state index contributed by atoms with van der Waals surface area (Å²) < 4.78 is 28.3. The van der Waals surface area contributed by atoms with Crippen molar-refractivity contribution < 1.29 is 13.6 Å². The number of hydrogen-bond donors (Lipinski definition) is 1. The van der Waals surface area contributed by atoms with Crippen LogP contribution in [0.2, 0.25) is 0 Å². The Hall–Kier alpha value is -1.69. The van der Waals surface area contributed by atoms with Crippen LogP contribution in [-0.2, 0) is 10.7 Å². The Bertz CT molecular complexity index is 626. The topological polar surface area (TPSA) is 60.9 Å². The first-order valence-corrected chi connectivity index (χ1v) is 5.71. The number of alkyl halides is 1. The van der Waals surface area contributed by atoms with Crippen LogP contribution in [0, 0.1) is 11.6 Å². The molecule has 1 aromatic heterocycles. The molecule has 0 fully saturated rings. The standard InChI is InChI=1S/C11H10ClF2N3O/c1-5(11(15)18)17-8(4-12)16-7-3-2-6(13)9(14)10(7)17/h2-3,5H,4H2,1H3,(H2,15,18). The molecule has 7 heteroatoms. The minimum absolute atomic E-state index is 0.0344. The van der Waals surface area contributed by atoms with Gasteiger partial charge in [0.25, 0.3) is 0 Å². The second kappa shape index (κ2) is 4.53. The molecular weight excluding hydrogens is 264 g/mol. The summed E-state index contributed by atoms with van der Waals surface area (Å²) in [5.41, 5.74) is 5.32. The van der Waals surface area contributed by atoms with Gasteiger partial charge in [0, 0.05) is 0 Å². The molecule has 18 heavy (non-hydrogen) atoms. The van der Waals surface area contributed by atoms with Crippen molar-refractivity contribution in [2.75, 3.05) is 0 Å². The Morgan fingerprint density at radius 1 is 1.56 bits per heavy atom. The second-order valence-electron chi connectivity index (χ2n) is 3.84. The molecule has 0 saturated heterocycles. The molecule has 1 atom stereocenters. The highest BCUT2D eigenvalue weighted by molar-refractivity contribution is 6.17. The predicted octanol–water partition coefficient (Wildman–Crippen LogP) is 2.10. The third-order valence-electron chi connectivity index (χ3n) is 2.73. The number of amides is 1. The van der Waals surface area contributed by atoms with Gasteiger partial charge in [-0.3, -0.25) is 4.79 Å². The van der Waals surface area contributed by atoms with E-state index in [1.54, 1.807) is 0 Å². The lowest BCUT2D eigenvalue weighted by atomic mass is 10.2. The van der Waals surface area contributed by atoms with Crippen LogP contribution in [0.25, 0.3) is 11.0 Å². The zero-order valence-electron chi connectivity index (χ0n) is 9.45. The van der Waals surface area contributed by atoms with Gasteiger partial charge >= 0.3 is 0 Å². The number of rotatable bonds is 3. The van der Waals surface area contributed by atoms with E-state index in [0.29, 0.717) is 0 Å². The quantitative estimate of drug-likeness (QED) is 0.871. The van der Waals surface area contributed by atoms with Crippen LogP contribution in [0.4, 0.5) is 8.78 Å². The average Bonchev–Trinajstić information content (AvgIpc) is 2.71. The van der Waals surface area contributed by atoms with Crippen molar-refractivity contribution in [3.63, 3.8) is 0 Å². The van der Waals surface area contributed by atoms with Crippen LogP contribution in [0.1, 0.15) is 18.8 Å². The first-order chi connectivity index (χ1) is 8.47. The molecule has 0 aliphatic rings. The molecule has 1 heterocycles. The number of fused-ring (bicyclic) bond motifs is 1. The van der Waals surface area contributed by atoms with Crippen molar-refractivity contribution in [2.45, 2.75) is 18.8 Å². The number of imidazole rings is 1. The van der Waals surface area contributed by atoms with Crippen molar-refractivity contribution in [1.82, 2.24) is 9.55 Å². The lowest BCUT2D eigenvalue weighted by Gasteiger charge is -2.13. The molecule has 2 aromatic rings. The highest BCUT2D eigenvalue weighted by Gasteiger charge is 2.22. The van der Waals surface area contributed by atoms with E-state index in [9.17, 15) is 13.6 Å². The molecule has 0 aliphatic heterocycles. The molecule has 2 rings (SSSR count). The van der Waals surface area contributed by atoms with Gasteiger partial charge in [0.05, 0.1) is 11.4 Å². The van der Waals surface area contributed by atoms with Crippen molar-refractivity contribution in [1.29, 1.82) is 0 Å². The number of hydrogen-bond acceptors (Lipinski definition) is 2. The normalized spacial score (nSPS) is 12.9. The van der Waals surface area contributed by atoms with Gasteiger partial charge in [-0.2, -0.15) is 0 Å². The van der Waals surface area contributed by atoms with Gasteiger partial charge in [0.2, 0.25) is 5.91 Å². The van der Waals surface area contributed by atoms with Crippen molar-refractivity contribution in [2.24, 2.45) is 5.73 Å². The molecule has 0 saturated carbocycles. The Balaban J connectivity index is 2.83. The molecule has 0 radical (unpaired) electrons. The van der Waals surface area contributed by atoms with E-state index in [0.717, 1.165) is 6.07 Å². The summed E-state index contributed by atoms with van der Waals surface area (Å²) in [5.74, 6) is -2.52. The Kier molecular flexibility index (Phi) is 3.21. The van der Waals surface area contributed by atoms with Gasteiger partial charge < -0.3 is 10.3 Å². The van der Waals surface area contributed by atoms with Crippen LogP contribution in [-0.4, -0.2) is 15.5 Å². The van der Waals surface area contributed by atoms with Gasteiger partial charge in [0.15, 0.2) is 11.6 Å². The third kappa shape index (κ3) is 1.82. The van der Waals surface area contributed by atoms with Crippen LogP contribution in [0.5, 0.6) is 0 Å². The smallest absolute Gasteiger partial charge is 0.240 e. The fourth-order valence-electron chi connectivity index (χ4n) is 1.81. The Labute approximate surface area is 106 Å². The van der Waals surface area contributed by atoms with Crippen LogP contribution in [0.15, 0.2) is 12.1 Å². The van der Waals surface area contributed by atoms with E-state index in [2.05, 4.69) is 4.98 Å². The van der Waals surface area contributed by atoms with Crippen LogP contribution < -0.4 is 5.73 Å². The monoisotopic (exact) mass is 273 g/mol. The summed E-state index contributed by atoms with van der Waals surface area (Å²) in [6, 6.07) is 1.44. The lowest BCUT2D eigenvalue weighted by molar-refractivity contribution is -0.120. The number of carbonyl (C=O) groups excluding carboxylic acids is 1. The summed E-state index contributed by atoms with van der Waals surface area (Å²) in [5, 5.41) is 0. The molecule has 4 nitrogen and oxygen atoms in total. The zero-order chi connectivity index (χ0) is 13.4. The Morgan fingerprint density at radius 2 is 2.22 bits per heavy atom. The number of benzene rings is 1. The minimum Gasteiger partial charge on any atom is -0.368 e. The molecule has 0 bridgehead atoms.